The molecule has 1 amide bonds. The maximum Gasteiger partial charge on any atom is 0.417 e. The minimum absolute atomic E-state index is 0.0249. The number of hydrogen-bond donors (Lipinski definition) is 3. The quantitative estimate of drug-likeness (QED) is 0.580. The Bertz CT molecular complexity index is 1100. The number of piperidine rings is 1. The van der Waals surface area contributed by atoms with Crippen LogP contribution in [0.4, 0.5) is 29.5 Å². The Morgan fingerprint density at radius 2 is 2.10 bits per heavy atom. The summed E-state index contributed by atoms with van der Waals surface area (Å²) in [6, 6.07) is 2.67. The highest BCUT2D eigenvalue weighted by atomic mass is 32.1. The highest BCUT2D eigenvalue weighted by Gasteiger charge is 2.35. The number of thiophene rings is 1. The molecule has 1 aliphatic heterocycles. The largest absolute Gasteiger partial charge is 0.417 e. The van der Waals surface area contributed by atoms with Crippen LogP contribution in [0.15, 0.2) is 30.7 Å². The van der Waals surface area contributed by atoms with Crippen LogP contribution in [0.3, 0.4) is 0 Å². The smallest absolute Gasteiger partial charge is 0.390 e. The van der Waals surface area contributed by atoms with E-state index in [1.807, 2.05) is 0 Å². The number of aromatic nitrogens is 2. The van der Waals surface area contributed by atoms with Crippen molar-refractivity contribution in [2.24, 2.45) is 5.73 Å². The van der Waals surface area contributed by atoms with Crippen LogP contribution < -0.4 is 21.7 Å². The van der Waals surface area contributed by atoms with E-state index in [1.165, 1.54) is 6.20 Å². The molecule has 3 aromatic heterocycles. The van der Waals surface area contributed by atoms with Gasteiger partial charge in [-0.05, 0) is 25.0 Å². The van der Waals surface area contributed by atoms with Gasteiger partial charge in [-0.1, -0.05) is 0 Å². The predicted octanol–water partition coefficient (Wildman–Crippen LogP) is 3.47. The van der Waals surface area contributed by atoms with E-state index in [4.69, 9.17) is 11.5 Å². The maximum atomic E-state index is 13.3. The lowest BCUT2D eigenvalue weighted by Gasteiger charge is -2.33. The highest BCUT2D eigenvalue weighted by Crippen LogP contribution is 2.41. The van der Waals surface area contributed by atoms with Crippen LogP contribution in [0.5, 0.6) is 0 Å². The van der Waals surface area contributed by atoms with Gasteiger partial charge in [-0.2, -0.15) is 13.2 Å². The third-order valence-electron chi connectivity index (χ3n) is 4.98. The van der Waals surface area contributed by atoms with Crippen molar-refractivity contribution in [1.82, 2.24) is 9.97 Å². The van der Waals surface area contributed by atoms with Crippen LogP contribution >= 0.6 is 11.3 Å². The third-order valence-corrected chi connectivity index (χ3v) is 6.02. The van der Waals surface area contributed by atoms with E-state index in [0.29, 0.717) is 23.6 Å². The second-order valence-corrected chi connectivity index (χ2v) is 8.12. The van der Waals surface area contributed by atoms with Crippen LogP contribution in [-0.4, -0.2) is 35.0 Å². The number of anilines is 3. The number of amides is 1. The molecule has 0 aromatic carbocycles. The minimum atomic E-state index is -4.57. The van der Waals surface area contributed by atoms with Gasteiger partial charge in [-0.15, -0.1) is 11.3 Å². The van der Waals surface area contributed by atoms with Crippen LogP contribution in [0.25, 0.3) is 10.2 Å². The lowest BCUT2D eigenvalue weighted by molar-refractivity contribution is -0.136. The summed E-state index contributed by atoms with van der Waals surface area (Å²) in [7, 11) is 0. The summed E-state index contributed by atoms with van der Waals surface area (Å²) < 4.78 is 39.8. The SMILES string of the molecule is Nc1sc2c(C(F)(F)F)ccnc2c1C(=O)Nc1cnccc1N1CCC[C@@H](N)C1. The first-order valence-electron chi connectivity index (χ1n) is 9.25. The Morgan fingerprint density at radius 3 is 2.83 bits per heavy atom. The van der Waals surface area contributed by atoms with Crippen LogP contribution in [0.2, 0.25) is 0 Å². The molecule has 1 aliphatic rings. The monoisotopic (exact) mass is 436 g/mol. The van der Waals surface area contributed by atoms with E-state index in [2.05, 4.69) is 20.2 Å². The molecule has 0 bridgehead atoms. The normalized spacial score (nSPS) is 17.3. The Hall–Kier alpha value is -2.92. The van der Waals surface area contributed by atoms with E-state index < -0.39 is 17.6 Å². The third kappa shape index (κ3) is 3.77. The zero-order valence-corrected chi connectivity index (χ0v) is 16.6. The van der Waals surface area contributed by atoms with Crippen molar-refractivity contribution in [3.05, 3.63) is 41.9 Å². The summed E-state index contributed by atoms with van der Waals surface area (Å²) in [5.74, 6) is -0.638. The van der Waals surface area contributed by atoms with Gasteiger partial charge in [-0.3, -0.25) is 14.8 Å². The van der Waals surface area contributed by atoms with E-state index in [-0.39, 0.29) is 26.8 Å². The number of carbonyl (C=O) groups excluding carboxylic acids is 1. The molecule has 0 radical (unpaired) electrons. The molecule has 1 saturated heterocycles. The lowest BCUT2D eigenvalue weighted by Crippen LogP contribution is -2.43. The highest BCUT2D eigenvalue weighted by molar-refractivity contribution is 7.23. The van der Waals surface area contributed by atoms with Crippen LogP contribution in [0.1, 0.15) is 28.8 Å². The molecule has 5 N–H and O–H groups in total. The molecule has 7 nitrogen and oxygen atoms in total. The average Bonchev–Trinajstić information content (AvgIpc) is 3.03. The standard InChI is InChI=1S/C19H19F3N6OS/c20-19(21,22)11-3-6-26-15-14(17(24)30-16(11)15)18(29)27-12-8-25-5-4-13(12)28-7-1-2-10(23)9-28/h3-6,8,10H,1-2,7,9,23-24H2,(H,27,29)/t10-/m1/s1. The molecule has 4 rings (SSSR count). The number of fused-ring (bicyclic) bond motifs is 1. The molecule has 158 valence electrons. The van der Waals surface area contributed by atoms with Gasteiger partial charge in [0.25, 0.3) is 5.91 Å². The molecule has 30 heavy (non-hydrogen) atoms. The van der Waals surface area contributed by atoms with Crippen LogP contribution in [0, 0.1) is 0 Å². The number of carbonyl (C=O) groups is 1. The van der Waals surface area contributed by atoms with Crippen molar-refractivity contribution in [1.29, 1.82) is 0 Å². The number of pyridine rings is 2. The van der Waals surface area contributed by atoms with Gasteiger partial charge < -0.3 is 21.7 Å². The fourth-order valence-electron chi connectivity index (χ4n) is 3.62. The van der Waals surface area contributed by atoms with Gasteiger partial charge in [0.2, 0.25) is 0 Å². The van der Waals surface area contributed by atoms with Gasteiger partial charge in [0.15, 0.2) is 0 Å². The Morgan fingerprint density at radius 1 is 1.30 bits per heavy atom. The van der Waals surface area contributed by atoms with Crippen molar-refractivity contribution in [2.45, 2.75) is 25.1 Å². The first-order chi connectivity index (χ1) is 14.3. The summed E-state index contributed by atoms with van der Waals surface area (Å²) in [5.41, 5.74) is 12.1. The Labute approximate surface area is 173 Å². The predicted molar refractivity (Wildman–Crippen MR) is 111 cm³/mol. The van der Waals surface area contributed by atoms with Gasteiger partial charge in [-0.25, -0.2) is 0 Å². The average molecular weight is 436 g/mol. The van der Waals surface area contributed by atoms with E-state index >= 15 is 0 Å². The van der Waals surface area contributed by atoms with Gasteiger partial charge >= 0.3 is 6.18 Å². The fourth-order valence-corrected chi connectivity index (χ4v) is 4.68. The van der Waals surface area contributed by atoms with Crippen molar-refractivity contribution in [3.63, 3.8) is 0 Å². The first kappa shape index (κ1) is 20.4. The molecule has 11 heteroatoms. The van der Waals surface area contributed by atoms with Crippen molar-refractivity contribution >= 4 is 43.8 Å². The van der Waals surface area contributed by atoms with Gasteiger partial charge in [0.1, 0.15) is 10.6 Å². The maximum absolute atomic E-state index is 13.3. The van der Waals surface area contributed by atoms with E-state index in [1.54, 1.807) is 12.3 Å². The summed E-state index contributed by atoms with van der Waals surface area (Å²) in [4.78, 5) is 23.1. The molecular weight excluding hydrogens is 417 g/mol. The summed E-state index contributed by atoms with van der Waals surface area (Å²) >= 11 is 0.696. The summed E-state index contributed by atoms with van der Waals surface area (Å²) in [6.45, 7) is 1.41. The van der Waals surface area contributed by atoms with E-state index in [0.717, 1.165) is 37.3 Å². The number of nitrogens with zero attached hydrogens (tertiary/aromatic N) is 3. The van der Waals surface area contributed by atoms with Crippen molar-refractivity contribution in [3.8, 4) is 0 Å². The number of halogens is 3. The number of nitrogens with two attached hydrogens (primary N) is 2. The molecule has 1 fully saturated rings. The topological polar surface area (TPSA) is 110 Å². The molecule has 1 atom stereocenters. The van der Waals surface area contributed by atoms with Crippen molar-refractivity contribution < 1.29 is 18.0 Å². The summed E-state index contributed by atoms with van der Waals surface area (Å²) in [6.07, 6.45) is 1.40. The second-order valence-electron chi connectivity index (χ2n) is 7.07. The second kappa shape index (κ2) is 7.73. The minimum Gasteiger partial charge on any atom is -0.390 e. The first-order valence-corrected chi connectivity index (χ1v) is 10.1. The molecule has 0 saturated carbocycles. The van der Waals surface area contributed by atoms with Gasteiger partial charge in [0.05, 0.1) is 33.4 Å². The number of rotatable bonds is 3. The Balaban J connectivity index is 1.69. The van der Waals surface area contributed by atoms with E-state index in [9.17, 15) is 18.0 Å². The zero-order valence-electron chi connectivity index (χ0n) is 15.7. The van der Waals surface area contributed by atoms with Crippen LogP contribution in [-0.2, 0) is 6.18 Å². The molecule has 0 aliphatic carbocycles. The molecule has 0 unspecified atom stereocenters. The lowest BCUT2D eigenvalue weighted by atomic mass is 10.1. The molecule has 0 spiro atoms. The fraction of sp³-hybridized carbons (Fsp3) is 0.316. The van der Waals surface area contributed by atoms with Gasteiger partial charge in [0, 0.05) is 31.5 Å². The number of hydrogen-bond acceptors (Lipinski definition) is 7. The molecule has 4 heterocycles. The Kier molecular flexibility index (Phi) is 5.24. The summed E-state index contributed by atoms with van der Waals surface area (Å²) in [5, 5.41) is 2.71. The number of alkyl halides is 3. The number of nitrogens with one attached hydrogen (secondary N) is 1. The van der Waals surface area contributed by atoms with Crippen molar-refractivity contribution in [2.75, 3.05) is 29.0 Å². The zero-order chi connectivity index (χ0) is 21.5. The molecular formula is C19H19F3N6OS. The molecule has 3 aromatic rings. The number of nitrogen functional groups attached to an aromatic ring is 1.